The van der Waals surface area contributed by atoms with Crippen molar-refractivity contribution in [2.24, 2.45) is 0 Å². The van der Waals surface area contributed by atoms with Gasteiger partial charge < -0.3 is 30.7 Å². The van der Waals surface area contributed by atoms with Gasteiger partial charge in [0.15, 0.2) is 0 Å². The highest BCUT2D eigenvalue weighted by Gasteiger charge is 2.34. The van der Waals surface area contributed by atoms with Gasteiger partial charge in [-0.1, -0.05) is 49.6 Å². The summed E-state index contributed by atoms with van der Waals surface area (Å²) in [5.41, 5.74) is 1.86. The molecule has 212 valence electrons. The van der Waals surface area contributed by atoms with Gasteiger partial charge in [0.05, 0.1) is 5.69 Å². The van der Waals surface area contributed by atoms with E-state index in [0.29, 0.717) is 19.6 Å². The van der Waals surface area contributed by atoms with Crippen molar-refractivity contribution in [1.29, 1.82) is 0 Å². The van der Waals surface area contributed by atoms with E-state index in [-0.39, 0.29) is 36.1 Å². The van der Waals surface area contributed by atoms with E-state index in [1.54, 1.807) is 15.9 Å². The third-order valence-corrected chi connectivity index (χ3v) is 7.96. The zero-order valence-electron chi connectivity index (χ0n) is 22.8. The lowest BCUT2D eigenvalue weighted by Gasteiger charge is -2.41. The SMILES string of the molecule is CC1CN(C(=O)C(Cc2c[nH]c3ccccc23)NC(=O)Nc2ccccc2F)CCN1C(=O)NC1CCCCC1. The van der Waals surface area contributed by atoms with E-state index >= 15 is 0 Å². The van der Waals surface area contributed by atoms with E-state index in [9.17, 15) is 18.8 Å². The van der Waals surface area contributed by atoms with Crippen LogP contribution in [0, 0.1) is 5.82 Å². The summed E-state index contributed by atoms with van der Waals surface area (Å²) < 4.78 is 14.2. The van der Waals surface area contributed by atoms with Crippen molar-refractivity contribution in [3.05, 3.63) is 66.1 Å². The van der Waals surface area contributed by atoms with Crippen LogP contribution in [-0.2, 0) is 11.2 Å². The number of fused-ring (bicyclic) bond motifs is 1. The Morgan fingerprint density at radius 2 is 1.77 bits per heavy atom. The molecule has 3 aromatic rings. The molecular formula is C30H37FN6O3. The number of nitrogens with zero attached hydrogens (tertiary/aromatic N) is 2. The minimum absolute atomic E-state index is 0.0320. The second kappa shape index (κ2) is 12.4. The van der Waals surface area contributed by atoms with Crippen LogP contribution in [0.1, 0.15) is 44.6 Å². The van der Waals surface area contributed by atoms with Gasteiger partial charge in [0, 0.05) is 55.2 Å². The molecule has 1 aliphatic carbocycles. The fraction of sp³-hybridized carbons (Fsp3) is 0.433. The van der Waals surface area contributed by atoms with Crippen LogP contribution in [-0.4, -0.2) is 70.5 Å². The molecule has 5 rings (SSSR count). The Bertz CT molecular complexity index is 1350. The molecule has 0 spiro atoms. The Labute approximate surface area is 233 Å². The van der Waals surface area contributed by atoms with E-state index < -0.39 is 17.9 Å². The van der Waals surface area contributed by atoms with Gasteiger partial charge in [-0.3, -0.25) is 4.79 Å². The van der Waals surface area contributed by atoms with Crippen molar-refractivity contribution in [1.82, 2.24) is 25.4 Å². The van der Waals surface area contributed by atoms with Gasteiger partial charge in [0.1, 0.15) is 11.9 Å². The van der Waals surface area contributed by atoms with E-state index in [4.69, 9.17) is 0 Å². The van der Waals surface area contributed by atoms with Crippen molar-refractivity contribution in [2.45, 2.75) is 63.6 Å². The summed E-state index contributed by atoms with van der Waals surface area (Å²) in [7, 11) is 0. The smallest absolute Gasteiger partial charge is 0.319 e. The van der Waals surface area contributed by atoms with Gasteiger partial charge in [-0.05, 0) is 43.5 Å². The molecule has 1 saturated carbocycles. The first-order chi connectivity index (χ1) is 19.4. The van der Waals surface area contributed by atoms with Gasteiger partial charge in [-0.25, -0.2) is 14.0 Å². The molecule has 9 nitrogen and oxygen atoms in total. The molecule has 2 fully saturated rings. The summed E-state index contributed by atoms with van der Waals surface area (Å²) in [4.78, 5) is 46.5. The molecule has 2 aromatic carbocycles. The molecule has 1 aliphatic heterocycles. The molecule has 40 heavy (non-hydrogen) atoms. The van der Waals surface area contributed by atoms with Gasteiger partial charge in [-0.15, -0.1) is 0 Å². The summed E-state index contributed by atoms with van der Waals surface area (Å²) in [5.74, 6) is -0.804. The molecule has 2 atom stereocenters. The monoisotopic (exact) mass is 548 g/mol. The summed E-state index contributed by atoms with van der Waals surface area (Å²) >= 11 is 0. The Morgan fingerprint density at radius 3 is 2.55 bits per heavy atom. The Kier molecular flexibility index (Phi) is 8.52. The van der Waals surface area contributed by atoms with E-state index in [0.717, 1.165) is 42.1 Å². The number of urea groups is 2. The minimum Gasteiger partial charge on any atom is -0.361 e. The number of anilines is 1. The van der Waals surface area contributed by atoms with Crippen LogP contribution in [0.5, 0.6) is 0 Å². The predicted octanol–water partition coefficient (Wildman–Crippen LogP) is 4.61. The average Bonchev–Trinajstić information content (AvgIpc) is 3.36. The maximum atomic E-state index is 14.2. The number of rotatable bonds is 6. The molecule has 1 aromatic heterocycles. The number of hydrogen-bond acceptors (Lipinski definition) is 3. The first-order valence-corrected chi connectivity index (χ1v) is 14.1. The number of carbonyl (C=O) groups is 3. The third kappa shape index (κ3) is 6.38. The van der Waals surface area contributed by atoms with Crippen LogP contribution >= 0.6 is 0 Å². The third-order valence-electron chi connectivity index (χ3n) is 7.96. The molecule has 2 unspecified atom stereocenters. The molecular weight excluding hydrogens is 511 g/mol. The maximum absolute atomic E-state index is 14.2. The Balaban J connectivity index is 1.28. The number of piperazine rings is 1. The first kappa shape index (κ1) is 27.5. The second-order valence-electron chi connectivity index (χ2n) is 10.8. The number of halogens is 1. The van der Waals surface area contributed by atoms with Crippen molar-refractivity contribution in [3.8, 4) is 0 Å². The zero-order valence-corrected chi connectivity index (χ0v) is 22.8. The average molecular weight is 549 g/mol. The molecule has 5 amide bonds. The Morgan fingerprint density at radius 1 is 1.02 bits per heavy atom. The number of nitrogens with one attached hydrogen (secondary N) is 4. The molecule has 0 bridgehead atoms. The van der Waals surface area contributed by atoms with Crippen LogP contribution in [0.4, 0.5) is 19.7 Å². The summed E-state index contributed by atoms with van der Waals surface area (Å²) in [6, 6.07) is 12.1. The predicted molar refractivity (Wildman–Crippen MR) is 152 cm³/mol. The van der Waals surface area contributed by atoms with Crippen LogP contribution in [0.15, 0.2) is 54.7 Å². The molecule has 10 heteroatoms. The van der Waals surface area contributed by atoms with Gasteiger partial charge in [0.2, 0.25) is 5.91 Å². The van der Waals surface area contributed by atoms with Gasteiger partial charge in [0.25, 0.3) is 0 Å². The molecule has 0 radical (unpaired) electrons. The van der Waals surface area contributed by atoms with E-state index in [1.807, 2.05) is 37.4 Å². The van der Waals surface area contributed by atoms with Crippen molar-refractivity contribution in [3.63, 3.8) is 0 Å². The summed E-state index contributed by atoms with van der Waals surface area (Å²) in [6.07, 6.45) is 7.61. The van der Waals surface area contributed by atoms with Crippen LogP contribution in [0.25, 0.3) is 10.9 Å². The van der Waals surface area contributed by atoms with E-state index in [1.165, 1.54) is 24.6 Å². The fourth-order valence-electron chi connectivity index (χ4n) is 5.78. The maximum Gasteiger partial charge on any atom is 0.319 e. The summed E-state index contributed by atoms with van der Waals surface area (Å²) in [5, 5.41) is 9.44. The second-order valence-corrected chi connectivity index (χ2v) is 10.8. The van der Waals surface area contributed by atoms with Crippen molar-refractivity contribution >= 4 is 34.6 Å². The number of carbonyl (C=O) groups excluding carboxylic acids is 3. The lowest BCUT2D eigenvalue weighted by atomic mass is 9.96. The summed E-state index contributed by atoms with van der Waals surface area (Å²) in [6.45, 7) is 3.07. The molecule has 2 heterocycles. The lowest BCUT2D eigenvalue weighted by molar-refractivity contribution is -0.135. The lowest BCUT2D eigenvalue weighted by Crippen LogP contribution is -2.61. The minimum atomic E-state index is -0.888. The largest absolute Gasteiger partial charge is 0.361 e. The normalized spacial score (nSPS) is 18.8. The van der Waals surface area contributed by atoms with Crippen molar-refractivity contribution < 1.29 is 18.8 Å². The number of para-hydroxylation sites is 2. The first-order valence-electron chi connectivity index (χ1n) is 14.1. The molecule has 1 saturated heterocycles. The number of hydrogen-bond donors (Lipinski definition) is 4. The number of H-pyrrole nitrogens is 1. The topological polar surface area (TPSA) is 110 Å². The van der Waals surface area contributed by atoms with Gasteiger partial charge in [-0.2, -0.15) is 0 Å². The highest BCUT2D eigenvalue weighted by Crippen LogP contribution is 2.22. The number of benzene rings is 2. The molecule has 2 aliphatic rings. The highest BCUT2D eigenvalue weighted by molar-refractivity contribution is 5.94. The van der Waals surface area contributed by atoms with Gasteiger partial charge >= 0.3 is 12.1 Å². The number of aromatic nitrogens is 1. The standard InChI is InChI=1S/C30H37FN6O3/c1-20-19-36(15-16-37(20)30(40)33-22-9-3-2-4-10-22)28(38)27(17-21-18-32-25-13-7-5-11-23(21)25)35-29(39)34-26-14-8-6-12-24(26)31/h5-8,11-14,18,20,22,27,32H,2-4,9-10,15-17,19H2,1H3,(H,33,40)(H2,34,35,39). The quantitative estimate of drug-likeness (QED) is 0.361. The Hall–Kier alpha value is -4.08. The zero-order chi connectivity index (χ0) is 28.1. The van der Waals surface area contributed by atoms with E-state index in [2.05, 4.69) is 20.9 Å². The molecule has 4 N–H and O–H groups in total. The van der Waals surface area contributed by atoms with Crippen LogP contribution in [0.3, 0.4) is 0 Å². The van der Waals surface area contributed by atoms with Crippen LogP contribution < -0.4 is 16.0 Å². The van der Waals surface area contributed by atoms with Crippen LogP contribution in [0.2, 0.25) is 0 Å². The highest BCUT2D eigenvalue weighted by atomic mass is 19.1. The fourth-order valence-corrected chi connectivity index (χ4v) is 5.78. The number of aromatic amines is 1. The van der Waals surface area contributed by atoms with Crippen molar-refractivity contribution in [2.75, 3.05) is 25.0 Å². The number of amides is 5.